The number of H-pyrrole nitrogens is 1. The van der Waals surface area contributed by atoms with E-state index in [1.165, 1.54) is 18.5 Å². The van der Waals surface area contributed by atoms with Crippen molar-refractivity contribution in [3.8, 4) is 5.75 Å². The Balaban J connectivity index is 1.37. The summed E-state index contributed by atoms with van der Waals surface area (Å²) < 4.78 is 49.0. The number of hydrogen-bond acceptors (Lipinski definition) is 4. The second-order valence-corrected chi connectivity index (χ2v) is 9.61. The third kappa shape index (κ3) is 6.01. The minimum atomic E-state index is -4.59. The zero-order chi connectivity index (χ0) is 29.1. The highest BCUT2D eigenvalue weighted by Crippen LogP contribution is 2.35. The Bertz CT molecular complexity index is 1750. The van der Waals surface area contributed by atoms with E-state index in [-0.39, 0.29) is 17.8 Å². The Kier molecular flexibility index (Phi) is 7.65. The molecule has 210 valence electrons. The number of hydrogen-bond donors (Lipinski definition) is 2. The number of amides is 1. The number of alkyl halides is 3. The third-order valence-corrected chi connectivity index (χ3v) is 6.83. The Labute approximate surface area is 234 Å². The minimum Gasteiger partial charge on any atom is -0.495 e. The molecule has 0 atom stereocenters. The number of ether oxygens (including phenoxy) is 1. The molecule has 7 nitrogen and oxygen atoms in total. The van der Waals surface area contributed by atoms with Gasteiger partial charge in [0.1, 0.15) is 11.4 Å². The van der Waals surface area contributed by atoms with Crippen LogP contribution in [0.2, 0.25) is 0 Å². The summed E-state index contributed by atoms with van der Waals surface area (Å²) in [6.07, 6.45) is 6.51. The van der Waals surface area contributed by atoms with Crippen LogP contribution in [0.5, 0.6) is 5.75 Å². The van der Waals surface area contributed by atoms with E-state index in [0.717, 1.165) is 33.8 Å². The first-order chi connectivity index (χ1) is 19.7. The zero-order valence-electron chi connectivity index (χ0n) is 22.7. The summed E-state index contributed by atoms with van der Waals surface area (Å²) in [6, 6.07) is 10.8. The fourth-order valence-electron chi connectivity index (χ4n) is 4.62. The van der Waals surface area contributed by atoms with Gasteiger partial charge in [-0.25, -0.2) is 9.97 Å². The maximum atomic E-state index is 13.9. The molecule has 0 bridgehead atoms. The van der Waals surface area contributed by atoms with Gasteiger partial charge in [-0.1, -0.05) is 25.1 Å². The molecular formula is C31H28F3N5O2. The number of aromatic nitrogens is 4. The molecule has 1 amide bonds. The van der Waals surface area contributed by atoms with Crippen LogP contribution in [0.4, 0.5) is 18.9 Å². The van der Waals surface area contributed by atoms with Crippen LogP contribution in [0.1, 0.15) is 50.8 Å². The number of carbonyl (C=O) groups excluding carboxylic acids is 1. The molecule has 0 radical (unpaired) electrons. The van der Waals surface area contributed by atoms with Gasteiger partial charge in [0.25, 0.3) is 5.91 Å². The van der Waals surface area contributed by atoms with Gasteiger partial charge < -0.3 is 19.6 Å². The van der Waals surface area contributed by atoms with E-state index in [1.807, 2.05) is 32.1 Å². The lowest BCUT2D eigenvalue weighted by atomic mass is 10.0. The van der Waals surface area contributed by atoms with Gasteiger partial charge in [-0.05, 0) is 66.4 Å². The maximum Gasteiger partial charge on any atom is 0.416 e. The van der Waals surface area contributed by atoms with Crippen LogP contribution in [0.3, 0.4) is 0 Å². The molecule has 2 N–H and O–H groups in total. The quantitative estimate of drug-likeness (QED) is 0.212. The average Bonchev–Trinajstić information content (AvgIpc) is 3.62. The molecule has 0 saturated carbocycles. The lowest BCUT2D eigenvalue weighted by Gasteiger charge is -2.16. The van der Waals surface area contributed by atoms with Crippen molar-refractivity contribution in [3.63, 3.8) is 0 Å². The van der Waals surface area contributed by atoms with Gasteiger partial charge >= 0.3 is 6.18 Å². The van der Waals surface area contributed by atoms with Crippen molar-refractivity contribution in [2.24, 2.45) is 0 Å². The smallest absolute Gasteiger partial charge is 0.416 e. The molecule has 0 unspecified atom stereocenters. The van der Waals surface area contributed by atoms with Gasteiger partial charge in [-0.2, -0.15) is 13.2 Å². The van der Waals surface area contributed by atoms with Crippen molar-refractivity contribution in [2.45, 2.75) is 33.0 Å². The van der Waals surface area contributed by atoms with Crippen molar-refractivity contribution in [3.05, 3.63) is 106 Å². The number of imidazole rings is 1. The lowest BCUT2D eigenvalue weighted by molar-refractivity contribution is -0.138. The number of aromatic amines is 1. The third-order valence-electron chi connectivity index (χ3n) is 6.83. The largest absolute Gasteiger partial charge is 0.495 e. The number of anilines is 1. The first-order valence-corrected chi connectivity index (χ1v) is 13.0. The molecule has 2 aromatic carbocycles. The number of methoxy groups -OCH3 is 1. The molecular weight excluding hydrogens is 531 g/mol. The summed E-state index contributed by atoms with van der Waals surface area (Å²) in [4.78, 5) is 24.7. The van der Waals surface area contributed by atoms with Crippen molar-refractivity contribution >= 4 is 34.8 Å². The molecule has 3 aromatic heterocycles. The van der Waals surface area contributed by atoms with E-state index >= 15 is 0 Å². The molecule has 10 heteroatoms. The molecule has 0 aliphatic rings. The van der Waals surface area contributed by atoms with Gasteiger partial charge in [0.05, 0.1) is 30.1 Å². The summed E-state index contributed by atoms with van der Waals surface area (Å²) in [5.74, 6) is 0.150. The van der Waals surface area contributed by atoms with Crippen molar-refractivity contribution in [1.29, 1.82) is 0 Å². The number of aryl methyl sites for hydroxylation is 2. The van der Waals surface area contributed by atoms with Crippen LogP contribution in [0.15, 0.2) is 67.4 Å². The van der Waals surface area contributed by atoms with Crippen molar-refractivity contribution < 1.29 is 22.7 Å². The Hall–Kier alpha value is -4.86. The van der Waals surface area contributed by atoms with Crippen LogP contribution in [-0.4, -0.2) is 32.5 Å². The monoisotopic (exact) mass is 559 g/mol. The molecule has 0 spiro atoms. The Morgan fingerprint density at radius 1 is 1.10 bits per heavy atom. The van der Waals surface area contributed by atoms with E-state index in [4.69, 9.17) is 4.74 Å². The first-order valence-electron chi connectivity index (χ1n) is 13.0. The number of nitrogens with zero attached hydrogens (tertiary/aromatic N) is 3. The number of pyridine rings is 1. The number of rotatable bonds is 8. The Morgan fingerprint density at radius 3 is 2.63 bits per heavy atom. The Morgan fingerprint density at radius 2 is 1.90 bits per heavy atom. The minimum absolute atomic E-state index is 0.0149. The van der Waals surface area contributed by atoms with Crippen LogP contribution < -0.4 is 10.1 Å². The number of benzene rings is 2. The van der Waals surface area contributed by atoms with E-state index in [1.54, 1.807) is 48.5 Å². The molecule has 0 aliphatic heterocycles. The normalized spacial score (nSPS) is 11.9. The molecule has 5 rings (SSSR count). The second kappa shape index (κ2) is 11.3. The number of carbonyl (C=O) groups is 1. The van der Waals surface area contributed by atoms with Crippen LogP contribution in [0.25, 0.3) is 23.2 Å². The summed E-state index contributed by atoms with van der Waals surface area (Å²) in [5.41, 5.74) is 3.60. The zero-order valence-corrected chi connectivity index (χ0v) is 22.7. The summed E-state index contributed by atoms with van der Waals surface area (Å²) in [7, 11) is 1.59. The van der Waals surface area contributed by atoms with Crippen molar-refractivity contribution in [2.75, 3.05) is 12.4 Å². The lowest BCUT2D eigenvalue weighted by Crippen LogP contribution is -2.15. The molecule has 3 heterocycles. The predicted octanol–water partition coefficient (Wildman–Crippen LogP) is 7.13. The summed E-state index contributed by atoms with van der Waals surface area (Å²) in [5, 5.41) is 3.46. The van der Waals surface area contributed by atoms with E-state index < -0.39 is 17.6 Å². The maximum absolute atomic E-state index is 13.9. The highest BCUT2D eigenvalue weighted by atomic mass is 19.4. The predicted molar refractivity (Wildman–Crippen MR) is 153 cm³/mol. The van der Waals surface area contributed by atoms with E-state index in [9.17, 15) is 18.0 Å². The molecule has 0 saturated heterocycles. The number of nitrogens with one attached hydrogen (secondary N) is 2. The average molecular weight is 560 g/mol. The molecule has 0 fully saturated rings. The van der Waals surface area contributed by atoms with E-state index in [0.29, 0.717) is 23.4 Å². The van der Waals surface area contributed by atoms with Gasteiger partial charge in [-0.15, -0.1) is 0 Å². The van der Waals surface area contributed by atoms with E-state index in [2.05, 4.69) is 20.3 Å². The highest BCUT2D eigenvalue weighted by Gasteiger charge is 2.33. The fraction of sp³-hybridized carbons (Fsp3) is 0.194. The van der Waals surface area contributed by atoms with Gasteiger partial charge in [0, 0.05) is 41.9 Å². The van der Waals surface area contributed by atoms with Crippen LogP contribution in [0, 0.1) is 6.92 Å². The van der Waals surface area contributed by atoms with Gasteiger partial charge in [0.2, 0.25) is 0 Å². The second-order valence-electron chi connectivity index (χ2n) is 9.61. The summed E-state index contributed by atoms with van der Waals surface area (Å²) in [6.45, 7) is 3.85. The number of halogens is 3. The SMILES string of the molecule is CCc1cn(Cc2ccc(NC(=O)c3ccc(C)c(/C=C/c4cnc5[nH]ccc5c4OC)c3)cc2C(F)(F)F)cn1. The molecule has 5 aromatic rings. The van der Waals surface area contributed by atoms with Crippen LogP contribution in [-0.2, 0) is 19.1 Å². The number of fused-ring (bicyclic) bond motifs is 1. The summed E-state index contributed by atoms with van der Waals surface area (Å²) >= 11 is 0. The highest BCUT2D eigenvalue weighted by molar-refractivity contribution is 6.05. The topological polar surface area (TPSA) is 84.8 Å². The first kappa shape index (κ1) is 27.7. The van der Waals surface area contributed by atoms with Crippen molar-refractivity contribution in [1.82, 2.24) is 19.5 Å². The standard InChI is InChI=1S/C31H28F3N5O2/c1-4-24-17-39(18-37-24)16-23-9-10-25(14-27(23)31(32,33)34)38-30(40)21-6-5-19(2)20(13-21)7-8-22-15-36-29-26(11-12-35-29)28(22)41-3/h5-15,17-18H,4,16H2,1-3H3,(H,35,36)(H,38,40)/b8-7+. The van der Waals surface area contributed by atoms with Gasteiger partial charge in [-0.3, -0.25) is 4.79 Å². The van der Waals surface area contributed by atoms with Crippen LogP contribution >= 0.6 is 0 Å². The molecule has 0 aliphatic carbocycles. The fourth-order valence-corrected chi connectivity index (χ4v) is 4.62. The van der Waals surface area contributed by atoms with Gasteiger partial charge in [0.15, 0.2) is 0 Å². The molecule has 41 heavy (non-hydrogen) atoms.